The number of sulfonamides is 1. The molecule has 0 radical (unpaired) electrons. The Hall–Kier alpha value is -0.600. The first-order chi connectivity index (χ1) is 6.58. The van der Waals surface area contributed by atoms with Crippen molar-refractivity contribution in [3.8, 4) is 6.07 Å². The Kier molecular flexibility index (Phi) is 2.28. The molecule has 2 rings (SSSR count). The first-order valence-corrected chi connectivity index (χ1v) is 6.57. The van der Waals surface area contributed by atoms with Crippen molar-refractivity contribution >= 4 is 10.0 Å². The first-order valence-electron chi connectivity index (χ1n) is 5.02. The predicted molar refractivity (Wildman–Crippen MR) is 51.9 cm³/mol. The smallest absolute Gasteiger partial charge is 0.212 e. The third-order valence-corrected chi connectivity index (χ3v) is 5.00. The van der Waals surface area contributed by atoms with E-state index in [4.69, 9.17) is 5.26 Å². The molecule has 0 amide bonds. The third kappa shape index (κ3) is 1.77. The highest BCUT2D eigenvalue weighted by atomic mass is 32.2. The molecule has 0 saturated heterocycles. The minimum Gasteiger partial charge on any atom is -0.212 e. The standard InChI is InChI=1S/C9H14N2O2S/c10-7-9(5-1-2-6-9)11-14(12,13)8-3-4-8/h8,11H,1-6H2. The predicted octanol–water partition coefficient (Wildman–Crippen LogP) is 0.905. The summed E-state index contributed by atoms with van der Waals surface area (Å²) in [4.78, 5) is 0. The Morgan fingerprint density at radius 1 is 1.29 bits per heavy atom. The summed E-state index contributed by atoms with van der Waals surface area (Å²) in [6.07, 6.45) is 4.71. The number of hydrogen-bond acceptors (Lipinski definition) is 3. The lowest BCUT2D eigenvalue weighted by molar-refractivity contribution is 0.484. The van der Waals surface area contributed by atoms with Crippen molar-refractivity contribution in [3.63, 3.8) is 0 Å². The second-order valence-corrected chi connectivity index (χ2v) is 6.21. The summed E-state index contributed by atoms with van der Waals surface area (Å²) in [5.74, 6) is 0. The molecule has 0 aliphatic heterocycles. The summed E-state index contributed by atoms with van der Waals surface area (Å²) in [5.41, 5.74) is -0.790. The lowest BCUT2D eigenvalue weighted by Crippen LogP contribution is -2.46. The molecule has 0 aromatic carbocycles. The minimum atomic E-state index is -3.21. The highest BCUT2D eigenvalue weighted by Gasteiger charge is 2.43. The highest BCUT2D eigenvalue weighted by Crippen LogP contribution is 2.34. The number of nitrogens with one attached hydrogen (secondary N) is 1. The monoisotopic (exact) mass is 214 g/mol. The van der Waals surface area contributed by atoms with E-state index in [2.05, 4.69) is 10.8 Å². The molecular formula is C9H14N2O2S. The molecule has 0 atom stereocenters. The van der Waals surface area contributed by atoms with Crippen LogP contribution in [0.5, 0.6) is 0 Å². The van der Waals surface area contributed by atoms with E-state index in [1.807, 2.05) is 0 Å². The Bertz CT molecular complexity index is 359. The van der Waals surface area contributed by atoms with E-state index >= 15 is 0 Å². The third-order valence-electron chi connectivity index (χ3n) is 2.97. The Morgan fingerprint density at radius 3 is 2.29 bits per heavy atom. The van der Waals surface area contributed by atoms with E-state index in [9.17, 15) is 8.42 Å². The lowest BCUT2D eigenvalue weighted by atomic mass is 10.0. The second-order valence-electron chi connectivity index (χ2n) is 4.25. The van der Waals surface area contributed by atoms with Crippen molar-refractivity contribution in [3.05, 3.63) is 0 Å². The fraction of sp³-hybridized carbons (Fsp3) is 0.889. The van der Waals surface area contributed by atoms with Gasteiger partial charge in [0.2, 0.25) is 10.0 Å². The van der Waals surface area contributed by atoms with Gasteiger partial charge in [-0.2, -0.15) is 9.98 Å². The van der Waals surface area contributed by atoms with Gasteiger partial charge in [-0.15, -0.1) is 0 Å². The van der Waals surface area contributed by atoms with E-state index in [1.165, 1.54) is 0 Å². The van der Waals surface area contributed by atoms with Gasteiger partial charge in [-0.3, -0.25) is 0 Å². The molecular weight excluding hydrogens is 200 g/mol. The van der Waals surface area contributed by atoms with Crippen LogP contribution >= 0.6 is 0 Å². The van der Waals surface area contributed by atoms with Crippen molar-refractivity contribution in [1.82, 2.24) is 4.72 Å². The fourth-order valence-electron chi connectivity index (χ4n) is 1.95. The van der Waals surface area contributed by atoms with Crippen LogP contribution in [0.2, 0.25) is 0 Å². The van der Waals surface area contributed by atoms with E-state index < -0.39 is 15.6 Å². The summed E-state index contributed by atoms with van der Waals surface area (Å²) in [6, 6.07) is 2.13. The van der Waals surface area contributed by atoms with Gasteiger partial charge in [0.15, 0.2) is 0 Å². The molecule has 0 heterocycles. The van der Waals surface area contributed by atoms with Gasteiger partial charge in [-0.05, 0) is 25.7 Å². The topological polar surface area (TPSA) is 70.0 Å². The van der Waals surface area contributed by atoms with Crippen LogP contribution in [0.1, 0.15) is 38.5 Å². The van der Waals surface area contributed by atoms with Gasteiger partial charge >= 0.3 is 0 Å². The van der Waals surface area contributed by atoms with Crippen molar-refractivity contribution in [2.75, 3.05) is 0 Å². The second kappa shape index (κ2) is 3.21. The Balaban J connectivity index is 2.12. The van der Waals surface area contributed by atoms with Gasteiger partial charge in [0, 0.05) is 0 Å². The average Bonchev–Trinajstić information content (AvgIpc) is 2.90. The number of nitriles is 1. The number of rotatable bonds is 3. The summed E-state index contributed by atoms with van der Waals surface area (Å²) < 4.78 is 25.9. The van der Waals surface area contributed by atoms with E-state index in [1.54, 1.807) is 0 Å². The summed E-state index contributed by atoms with van der Waals surface area (Å²) in [6.45, 7) is 0. The molecule has 2 aliphatic carbocycles. The quantitative estimate of drug-likeness (QED) is 0.759. The van der Waals surface area contributed by atoms with E-state index in [0.29, 0.717) is 12.8 Å². The molecule has 0 bridgehead atoms. The van der Waals surface area contributed by atoms with Crippen LogP contribution in [0.3, 0.4) is 0 Å². The van der Waals surface area contributed by atoms with Crippen LogP contribution in [-0.2, 0) is 10.0 Å². The molecule has 0 aromatic rings. The lowest BCUT2D eigenvalue weighted by Gasteiger charge is -2.21. The SMILES string of the molecule is N#CC1(NS(=O)(=O)C2CC2)CCCC1. The Morgan fingerprint density at radius 2 is 1.86 bits per heavy atom. The summed E-state index contributed by atoms with van der Waals surface area (Å²) in [5, 5.41) is 8.78. The van der Waals surface area contributed by atoms with Gasteiger partial charge in [0.1, 0.15) is 5.54 Å². The zero-order valence-corrected chi connectivity index (χ0v) is 8.81. The number of nitrogens with zero attached hydrogens (tertiary/aromatic N) is 1. The average molecular weight is 214 g/mol. The molecule has 14 heavy (non-hydrogen) atoms. The van der Waals surface area contributed by atoms with Gasteiger partial charge in [-0.1, -0.05) is 12.8 Å². The number of hydrogen-bond donors (Lipinski definition) is 1. The summed E-state index contributed by atoms with van der Waals surface area (Å²) in [7, 11) is -3.21. The van der Waals surface area contributed by atoms with Crippen LogP contribution in [0.25, 0.3) is 0 Å². The molecule has 2 aliphatic rings. The van der Waals surface area contributed by atoms with Crippen LogP contribution in [-0.4, -0.2) is 19.2 Å². The molecule has 0 aromatic heterocycles. The van der Waals surface area contributed by atoms with Crippen LogP contribution in [0.15, 0.2) is 0 Å². The van der Waals surface area contributed by atoms with Gasteiger partial charge in [0.25, 0.3) is 0 Å². The van der Waals surface area contributed by atoms with Crippen LogP contribution in [0, 0.1) is 11.3 Å². The molecule has 0 unspecified atom stereocenters. The maximum absolute atomic E-state index is 11.7. The zero-order valence-electron chi connectivity index (χ0n) is 7.99. The Labute approximate surface area is 84.4 Å². The molecule has 2 fully saturated rings. The fourth-order valence-corrected chi connectivity index (χ4v) is 3.67. The largest absolute Gasteiger partial charge is 0.215 e. The van der Waals surface area contributed by atoms with Crippen molar-refractivity contribution in [1.29, 1.82) is 5.26 Å². The highest BCUT2D eigenvalue weighted by molar-refractivity contribution is 7.90. The van der Waals surface area contributed by atoms with Gasteiger partial charge in [-0.25, -0.2) is 8.42 Å². The van der Waals surface area contributed by atoms with E-state index in [0.717, 1.165) is 25.7 Å². The normalized spacial score (nSPS) is 25.9. The molecule has 2 saturated carbocycles. The molecule has 0 spiro atoms. The molecule has 5 heteroatoms. The zero-order chi connectivity index (χ0) is 10.2. The minimum absolute atomic E-state index is 0.228. The molecule has 4 nitrogen and oxygen atoms in total. The molecule has 1 N–H and O–H groups in total. The van der Waals surface area contributed by atoms with E-state index in [-0.39, 0.29) is 5.25 Å². The first kappa shape index (κ1) is 9.94. The summed E-state index contributed by atoms with van der Waals surface area (Å²) >= 11 is 0. The van der Waals surface area contributed by atoms with Crippen molar-refractivity contribution < 1.29 is 8.42 Å². The maximum atomic E-state index is 11.7. The van der Waals surface area contributed by atoms with Gasteiger partial charge in [0.05, 0.1) is 11.3 Å². The van der Waals surface area contributed by atoms with Crippen LogP contribution in [0.4, 0.5) is 0 Å². The molecule has 78 valence electrons. The van der Waals surface area contributed by atoms with Crippen molar-refractivity contribution in [2.24, 2.45) is 0 Å². The maximum Gasteiger partial charge on any atom is 0.215 e. The van der Waals surface area contributed by atoms with Crippen LogP contribution < -0.4 is 4.72 Å². The van der Waals surface area contributed by atoms with Gasteiger partial charge < -0.3 is 0 Å². The van der Waals surface area contributed by atoms with Crippen molar-refractivity contribution in [2.45, 2.75) is 49.3 Å².